The van der Waals surface area contributed by atoms with E-state index < -0.39 is 17.7 Å². The number of rotatable bonds is 6. The highest BCUT2D eigenvalue weighted by atomic mass is 35.5. The fourth-order valence-electron chi connectivity index (χ4n) is 4.67. The van der Waals surface area contributed by atoms with Crippen LogP contribution in [0, 0.1) is 6.92 Å². The summed E-state index contributed by atoms with van der Waals surface area (Å²) in [4.78, 5) is 18.3. The molecule has 0 aliphatic heterocycles. The monoisotopic (exact) mass is 547 g/mol. The third-order valence-corrected chi connectivity index (χ3v) is 7.68. The molecule has 0 saturated carbocycles. The first-order chi connectivity index (χ1) is 18.1. The number of hydrogen-bond donors (Lipinski definition) is 0. The van der Waals surface area contributed by atoms with E-state index in [9.17, 15) is 4.79 Å². The first-order valence-electron chi connectivity index (χ1n) is 12.5. The summed E-state index contributed by atoms with van der Waals surface area (Å²) in [6.45, 7) is 9.88. The molecule has 6 nitrogen and oxygen atoms in total. The molecule has 0 aliphatic carbocycles. The Morgan fingerprint density at radius 3 is 2.50 bits per heavy atom. The Labute approximate surface area is 231 Å². The van der Waals surface area contributed by atoms with Crippen LogP contribution in [0.4, 0.5) is 0 Å². The summed E-state index contributed by atoms with van der Waals surface area (Å²) in [6.07, 6.45) is 0.962. The van der Waals surface area contributed by atoms with Gasteiger partial charge in [0.25, 0.3) is 0 Å². The van der Waals surface area contributed by atoms with Crippen LogP contribution in [0.2, 0.25) is 5.02 Å². The molecule has 0 unspecified atom stereocenters. The van der Waals surface area contributed by atoms with Crippen molar-refractivity contribution in [3.8, 4) is 21.7 Å². The summed E-state index contributed by atoms with van der Waals surface area (Å²) in [5.74, 6) is -0.410. The van der Waals surface area contributed by atoms with Crippen LogP contribution in [0.3, 0.4) is 0 Å². The van der Waals surface area contributed by atoms with Gasteiger partial charge in [0, 0.05) is 34.1 Å². The number of carbonyl (C=O) groups excluding carboxylic acids is 1. The molecule has 2 heterocycles. The molecule has 0 fully saturated rings. The Morgan fingerprint density at radius 2 is 1.82 bits per heavy atom. The number of aryl methyl sites for hydroxylation is 2. The molecule has 2 aromatic heterocycles. The molecule has 0 saturated heterocycles. The summed E-state index contributed by atoms with van der Waals surface area (Å²) in [6, 6.07) is 15.9. The molecule has 5 aromatic rings. The zero-order valence-corrected chi connectivity index (χ0v) is 23.9. The average molecular weight is 548 g/mol. The van der Waals surface area contributed by atoms with E-state index in [4.69, 9.17) is 26.1 Å². The smallest absolute Gasteiger partial charge is 0.339 e. The van der Waals surface area contributed by atoms with E-state index in [0.717, 1.165) is 53.9 Å². The van der Waals surface area contributed by atoms with Crippen molar-refractivity contribution in [1.82, 2.24) is 14.8 Å². The number of benzene rings is 3. The van der Waals surface area contributed by atoms with Crippen molar-refractivity contribution in [1.29, 1.82) is 0 Å². The predicted octanol–water partition coefficient (Wildman–Crippen LogP) is 7.90. The van der Waals surface area contributed by atoms with Crippen LogP contribution in [-0.2, 0) is 21.3 Å². The maximum absolute atomic E-state index is 13.3. The molecule has 0 aliphatic rings. The molecule has 38 heavy (non-hydrogen) atoms. The second-order valence-corrected chi connectivity index (χ2v) is 11.7. The van der Waals surface area contributed by atoms with Gasteiger partial charge >= 0.3 is 5.97 Å². The van der Waals surface area contributed by atoms with E-state index in [0.29, 0.717) is 5.02 Å². The highest BCUT2D eigenvalue weighted by molar-refractivity contribution is 7.22. The molecule has 0 spiro atoms. The Kier molecular flexibility index (Phi) is 7.03. The summed E-state index contributed by atoms with van der Waals surface area (Å²) in [7, 11) is 1.93. The first-order valence-corrected chi connectivity index (χ1v) is 13.7. The summed E-state index contributed by atoms with van der Waals surface area (Å²) >= 11 is 7.84. The number of thiazole rings is 1. The zero-order chi connectivity index (χ0) is 27.2. The number of ether oxygens (including phenoxy) is 2. The lowest BCUT2D eigenvalue weighted by atomic mass is 9.91. The largest absolute Gasteiger partial charge is 0.464 e. The highest BCUT2D eigenvalue weighted by Crippen LogP contribution is 2.44. The van der Waals surface area contributed by atoms with Gasteiger partial charge in [-0.2, -0.15) is 5.10 Å². The molecule has 8 heteroatoms. The van der Waals surface area contributed by atoms with Crippen LogP contribution in [0.15, 0.2) is 54.7 Å². The van der Waals surface area contributed by atoms with Crippen LogP contribution in [-0.4, -0.2) is 32.9 Å². The number of nitrogens with zero attached hydrogens (tertiary/aromatic N) is 3. The lowest BCUT2D eigenvalue weighted by Gasteiger charge is -2.29. The number of carbonyl (C=O) groups is 1. The fourth-order valence-corrected chi connectivity index (χ4v) is 5.92. The third-order valence-electron chi connectivity index (χ3n) is 6.29. The van der Waals surface area contributed by atoms with Crippen LogP contribution < -0.4 is 0 Å². The Balaban J connectivity index is 1.77. The van der Waals surface area contributed by atoms with Crippen molar-refractivity contribution in [2.45, 2.75) is 46.3 Å². The van der Waals surface area contributed by atoms with Crippen LogP contribution >= 0.6 is 22.9 Å². The van der Waals surface area contributed by atoms with Gasteiger partial charge in [-0.25, -0.2) is 9.78 Å². The molecule has 0 N–H and O–H groups in total. The van der Waals surface area contributed by atoms with Gasteiger partial charge in [0.1, 0.15) is 5.01 Å². The Hall–Kier alpha value is -3.26. The van der Waals surface area contributed by atoms with Crippen molar-refractivity contribution in [2.24, 2.45) is 7.05 Å². The van der Waals surface area contributed by atoms with E-state index in [1.165, 1.54) is 0 Å². The SMILES string of the molecule is CCOC(=O)[C@@H](OC(C)(C)C)c1c(C)cc2nc(-c3ccc4c(cnn4C)c3)sc2c1-c1ccc(Cl)cc1. The van der Waals surface area contributed by atoms with Gasteiger partial charge in [-0.05, 0) is 82.1 Å². The lowest BCUT2D eigenvalue weighted by molar-refractivity contribution is -0.166. The molecule has 0 radical (unpaired) electrons. The molecule has 3 aromatic carbocycles. The second-order valence-electron chi connectivity index (χ2n) is 10.3. The molecule has 0 bridgehead atoms. The normalized spacial score (nSPS) is 12.8. The number of fused-ring (bicyclic) bond motifs is 2. The second kappa shape index (κ2) is 10.1. The molecule has 0 amide bonds. The standard InChI is InChI=1S/C30H30ClN3O3S/c1-7-36-29(35)26(37-30(3,4)5)24-17(2)14-22-27(25(24)18-8-11-21(31)12-9-18)38-28(33-22)19-10-13-23-20(15-19)16-32-34(23)6/h8-16,26H,7H2,1-6H3/t26-/m0/s1. The van der Waals surface area contributed by atoms with Crippen molar-refractivity contribution in [3.05, 3.63) is 70.9 Å². The van der Waals surface area contributed by atoms with Gasteiger partial charge in [0.2, 0.25) is 0 Å². The van der Waals surface area contributed by atoms with Crippen molar-refractivity contribution in [2.75, 3.05) is 6.61 Å². The van der Waals surface area contributed by atoms with Gasteiger partial charge in [-0.3, -0.25) is 4.68 Å². The van der Waals surface area contributed by atoms with Crippen LogP contribution in [0.1, 0.15) is 44.9 Å². The minimum Gasteiger partial charge on any atom is -0.464 e. The van der Waals surface area contributed by atoms with Crippen molar-refractivity contribution in [3.63, 3.8) is 0 Å². The maximum Gasteiger partial charge on any atom is 0.339 e. The minimum absolute atomic E-state index is 0.266. The summed E-state index contributed by atoms with van der Waals surface area (Å²) in [5.41, 5.74) is 5.89. The maximum atomic E-state index is 13.3. The van der Waals surface area contributed by atoms with Crippen LogP contribution in [0.25, 0.3) is 42.8 Å². The fraction of sp³-hybridized carbons (Fsp3) is 0.300. The van der Waals surface area contributed by atoms with E-state index in [1.54, 1.807) is 18.3 Å². The van der Waals surface area contributed by atoms with Crippen molar-refractivity contribution >= 4 is 50.0 Å². The predicted molar refractivity (Wildman–Crippen MR) is 155 cm³/mol. The Morgan fingerprint density at radius 1 is 1.11 bits per heavy atom. The zero-order valence-electron chi connectivity index (χ0n) is 22.3. The first kappa shape index (κ1) is 26.4. The molecule has 5 rings (SSSR count). The van der Waals surface area contributed by atoms with E-state index in [1.807, 2.05) is 76.0 Å². The van der Waals surface area contributed by atoms with Gasteiger partial charge in [0.05, 0.1) is 34.1 Å². The number of halogens is 1. The highest BCUT2D eigenvalue weighted by Gasteiger charge is 2.33. The van der Waals surface area contributed by atoms with Gasteiger partial charge in [-0.15, -0.1) is 11.3 Å². The van der Waals surface area contributed by atoms with E-state index in [-0.39, 0.29) is 6.61 Å². The topological polar surface area (TPSA) is 66.2 Å². The van der Waals surface area contributed by atoms with Gasteiger partial charge < -0.3 is 9.47 Å². The average Bonchev–Trinajstić information content (AvgIpc) is 3.45. The quantitative estimate of drug-likeness (QED) is 0.202. The summed E-state index contributed by atoms with van der Waals surface area (Å²) in [5, 5.41) is 6.96. The lowest BCUT2D eigenvalue weighted by Crippen LogP contribution is -2.29. The minimum atomic E-state index is -0.901. The molecular weight excluding hydrogens is 518 g/mol. The third kappa shape index (κ3) is 5.06. The van der Waals surface area contributed by atoms with E-state index >= 15 is 0 Å². The summed E-state index contributed by atoms with van der Waals surface area (Å²) < 4.78 is 14.7. The molecule has 1 atom stereocenters. The van der Waals surface area contributed by atoms with Crippen molar-refractivity contribution < 1.29 is 14.3 Å². The molecular formula is C30H30ClN3O3S. The van der Waals surface area contributed by atoms with Crippen LogP contribution in [0.5, 0.6) is 0 Å². The van der Waals surface area contributed by atoms with E-state index in [2.05, 4.69) is 23.3 Å². The number of hydrogen-bond acceptors (Lipinski definition) is 6. The van der Waals surface area contributed by atoms with Gasteiger partial charge in [-0.1, -0.05) is 23.7 Å². The van der Waals surface area contributed by atoms with Gasteiger partial charge in [0.15, 0.2) is 6.10 Å². The number of esters is 1. The number of aromatic nitrogens is 3. The Bertz CT molecular complexity index is 1650. The molecule has 196 valence electrons.